The first-order valence-electron chi connectivity index (χ1n) is 11.9. The Bertz CT molecular complexity index is 1230. The lowest BCUT2D eigenvalue weighted by molar-refractivity contribution is -0.140. The minimum Gasteiger partial charge on any atom is -0.465 e. The molecule has 0 aliphatic carbocycles. The standard InChI is InChI=1S/C26H32N2O4S2/c1-5-6-9-12-31-22(29)15-33-26-27-24-23(18-13-20(16(2)3)32-14-21(18)34-24)25(30)28(26)19-11-8-7-10-17(19)4/h7-8,10-11,16,20H,5-6,9,12-15H2,1-4H3/t20-/m0/s1. The molecule has 0 fully saturated rings. The summed E-state index contributed by atoms with van der Waals surface area (Å²) in [5, 5.41) is 1.20. The van der Waals surface area contributed by atoms with Crippen LogP contribution in [0.1, 0.15) is 56.0 Å². The molecule has 1 atom stereocenters. The molecular weight excluding hydrogens is 468 g/mol. The third-order valence-corrected chi connectivity index (χ3v) is 8.15. The van der Waals surface area contributed by atoms with Crippen molar-refractivity contribution in [3.05, 3.63) is 50.6 Å². The number of rotatable bonds is 9. The molecule has 0 N–H and O–H groups in total. The van der Waals surface area contributed by atoms with E-state index in [1.54, 1.807) is 4.57 Å². The highest BCUT2D eigenvalue weighted by Crippen LogP contribution is 2.36. The summed E-state index contributed by atoms with van der Waals surface area (Å²) in [6, 6.07) is 7.78. The molecule has 2 aromatic heterocycles. The number of nitrogens with zero attached hydrogens (tertiary/aromatic N) is 2. The van der Waals surface area contributed by atoms with Gasteiger partial charge in [0.2, 0.25) is 0 Å². The van der Waals surface area contributed by atoms with Gasteiger partial charge in [0.15, 0.2) is 5.16 Å². The maximum atomic E-state index is 14.0. The summed E-state index contributed by atoms with van der Waals surface area (Å²) in [5.74, 6) is 0.192. The van der Waals surface area contributed by atoms with E-state index in [1.165, 1.54) is 23.1 Å². The van der Waals surface area contributed by atoms with Gasteiger partial charge in [-0.3, -0.25) is 14.2 Å². The highest BCUT2D eigenvalue weighted by molar-refractivity contribution is 7.99. The Labute approximate surface area is 208 Å². The van der Waals surface area contributed by atoms with E-state index >= 15 is 0 Å². The molecule has 1 aromatic carbocycles. The molecule has 0 saturated carbocycles. The number of benzene rings is 1. The Kier molecular flexibility index (Phi) is 8.11. The first-order chi connectivity index (χ1) is 16.4. The highest BCUT2D eigenvalue weighted by Gasteiger charge is 2.29. The van der Waals surface area contributed by atoms with Crippen molar-refractivity contribution in [3.63, 3.8) is 0 Å². The molecule has 182 valence electrons. The number of unbranched alkanes of at least 4 members (excludes halogenated alkanes) is 2. The van der Waals surface area contributed by atoms with E-state index in [0.717, 1.165) is 41.0 Å². The van der Waals surface area contributed by atoms with E-state index in [0.29, 0.717) is 40.9 Å². The lowest BCUT2D eigenvalue weighted by Crippen LogP contribution is -2.28. The zero-order valence-corrected chi connectivity index (χ0v) is 21.9. The van der Waals surface area contributed by atoms with E-state index in [4.69, 9.17) is 14.5 Å². The van der Waals surface area contributed by atoms with E-state index in [9.17, 15) is 9.59 Å². The second-order valence-corrected chi connectivity index (χ2v) is 11.0. The Morgan fingerprint density at radius 1 is 1.32 bits per heavy atom. The van der Waals surface area contributed by atoms with Crippen molar-refractivity contribution >= 4 is 39.3 Å². The molecule has 6 nitrogen and oxygen atoms in total. The summed E-state index contributed by atoms with van der Waals surface area (Å²) in [6.45, 7) is 9.32. The number of carbonyl (C=O) groups excluding carboxylic acids is 1. The van der Waals surface area contributed by atoms with Crippen LogP contribution in [-0.2, 0) is 27.3 Å². The quantitative estimate of drug-likeness (QED) is 0.163. The predicted molar refractivity (Wildman–Crippen MR) is 138 cm³/mol. The fourth-order valence-electron chi connectivity index (χ4n) is 4.16. The van der Waals surface area contributed by atoms with Gasteiger partial charge in [-0.25, -0.2) is 4.98 Å². The summed E-state index contributed by atoms with van der Waals surface area (Å²) in [4.78, 5) is 33.0. The molecule has 0 amide bonds. The van der Waals surface area contributed by atoms with Crippen LogP contribution in [0.4, 0.5) is 0 Å². The van der Waals surface area contributed by atoms with Crippen LogP contribution in [0.3, 0.4) is 0 Å². The SMILES string of the molecule is CCCCCOC(=O)CSc1nc2sc3c(c2c(=O)n1-c1ccccc1C)C[C@@H](C(C)C)OC3. The average molecular weight is 501 g/mol. The van der Waals surface area contributed by atoms with Crippen molar-refractivity contribution in [3.8, 4) is 5.69 Å². The van der Waals surface area contributed by atoms with Gasteiger partial charge in [-0.1, -0.05) is 63.6 Å². The van der Waals surface area contributed by atoms with Gasteiger partial charge in [-0.05, 0) is 36.5 Å². The molecule has 0 spiro atoms. The van der Waals surface area contributed by atoms with Gasteiger partial charge in [0.05, 0.1) is 36.1 Å². The number of thiophene rings is 1. The lowest BCUT2D eigenvalue weighted by Gasteiger charge is -2.26. The fourth-order valence-corrected chi connectivity index (χ4v) is 6.13. The number of para-hydroxylation sites is 1. The zero-order valence-electron chi connectivity index (χ0n) is 20.3. The van der Waals surface area contributed by atoms with Gasteiger partial charge in [-0.2, -0.15) is 0 Å². The maximum Gasteiger partial charge on any atom is 0.316 e. The zero-order chi connectivity index (χ0) is 24.2. The van der Waals surface area contributed by atoms with Gasteiger partial charge in [0.1, 0.15) is 4.83 Å². The van der Waals surface area contributed by atoms with Crippen molar-refractivity contribution in [1.29, 1.82) is 0 Å². The molecule has 1 aliphatic rings. The third-order valence-electron chi connectivity index (χ3n) is 6.14. The van der Waals surface area contributed by atoms with E-state index in [1.807, 2.05) is 31.2 Å². The monoisotopic (exact) mass is 500 g/mol. The first-order valence-corrected chi connectivity index (χ1v) is 13.7. The number of hydrogen-bond acceptors (Lipinski definition) is 7. The van der Waals surface area contributed by atoms with Gasteiger partial charge in [-0.15, -0.1) is 11.3 Å². The van der Waals surface area contributed by atoms with Crippen LogP contribution in [0.2, 0.25) is 0 Å². The number of carbonyl (C=O) groups is 1. The van der Waals surface area contributed by atoms with Crippen molar-refractivity contribution in [2.75, 3.05) is 12.4 Å². The van der Waals surface area contributed by atoms with E-state index in [-0.39, 0.29) is 23.4 Å². The lowest BCUT2D eigenvalue weighted by atomic mass is 9.96. The molecule has 3 aromatic rings. The molecule has 4 rings (SSSR count). The second-order valence-electron chi connectivity index (χ2n) is 9.02. The number of esters is 1. The Balaban J connectivity index is 1.73. The van der Waals surface area contributed by atoms with Crippen LogP contribution >= 0.6 is 23.1 Å². The second kappa shape index (κ2) is 11.1. The van der Waals surface area contributed by atoms with Crippen LogP contribution in [0.15, 0.2) is 34.2 Å². The Hall–Kier alpha value is -2.16. The normalized spacial score (nSPS) is 15.6. The van der Waals surface area contributed by atoms with Crippen LogP contribution in [-0.4, -0.2) is 34.0 Å². The third kappa shape index (κ3) is 5.24. The van der Waals surface area contributed by atoms with Crippen molar-refractivity contribution in [1.82, 2.24) is 9.55 Å². The maximum absolute atomic E-state index is 14.0. The smallest absolute Gasteiger partial charge is 0.316 e. The number of thioether (sulfide) groups is 1. The average Bonchev–Trinajstić information content (AvgIpc) is 3.19. The molecule has 0 saturated heterocycles. The topological polar surface area (TPSA) is 70.4 Å². The van der Waals surface area contributed by atoms with Crippen LogP contribution in [0.5, 0.6) is 0 Å². The van der Waals surface area contributed by atoms with Crippen molar-refractivity contribution < 1.29 is 14.3 Å². The Morgan fingerprint density at radius 3 is 2.85 bits per heavy atom. The molecule has 0 bridgehead atoms. The number of fused-ring (bicyclic) bond motifs is 3. The summed E-state index contributed by atoms with van der Waals surface area (Å²) >= 11 is 2.78. The largest absolute Gasteiger partial charge is 0.465 e. The number of ether oxygens (including phenoxy) is 2. The molecule has 3 heterocycles. The van der Waals surface area contributed by atoms with Crippen LogP contribution in [0.25, 0.3) is 15.9 Å². The summed E-state index contributed by atoms with van der Waals surface area (Å²) in [6.07, 6.45) is 3.79. The van der Waals surface area contributed by atoms with Crippen molar-refractivity contribution in [2.24, 2.45) is 5.92 Å². The summed E-state index contributed by atoms with van der Waals surface area (Å²) in [5.41, 5.74) is 2.74. The number of aryl methyl sites for hydroxylation is 1. The van der Waals surface area contributed by atoms with E-state index < -0.39 is 0 Å². The van der Waals surface area contributed by atoms with Crippen LogP contribution < -0.4 is 5.56 Å². The molecule has 0 radical (unpaired) electrons. The molecule has 8 heteroatoms. The van der Waals surface area contributed by atoms with Gasteiger partial charge >= 0.3 is 5.97 Å². The minimum absolute atomic E-state index is 0.0833. The molecule has 1 aliphatic heterocycles. The van der Waals surface area contributed by atoms with E-state index in [2.05, 4.69) is 20.8 Å². The first kappa shape index (κ1) is 24.9. The van der Waals surface area contributed by atoms with Gasteiger partial charge in [0.25, 0.3) is 5.56 Å². The number of aromatic nitrogens is 2. The summed E-state index contributed by atoms with van der Waals surface area (Å²) < 4.78 is 13.1. The molecule has 34 heavy (non-hydrogen) atoms. The number of hydrogen-bond donors (Lipinski definition) is 0. The van der Waals surface area contributed by atoms with Gasteiger partial charge in [0, 0.05) is 11.3 Å². The highest BCUT2D eigenvalue weighted by atomic mass is 32.2. The fraction of sp³-hybridized carbons (Fsp3) is 0.500. The predicted octanol–water partition coefficient (Wildman–Crippen LogP) is 5.68. The van der Waals surface area contributed by atoms with Crippen LogP contribution in [0, 0.1) is 12.8 Å². The van der Waals surface area contributed by atoms with Gasteiger partial charge < -0.3 is 9.47 Å². The summed E-state index contributed by atoms with van der Waals surface area (Å²) in [7, 11) is 0. The van der Waals surface area contributed by atoms with Crippen molar-refractivity contribution in [2.45, 2.75) is 71.2 Å². The molecular formula is C26H32N2O4S2. The Morgan fingerprint density at radius 2 is 2.12 bits per heavy atom. The minimum atomic E-state index is -0.287. The molecule has 0 unspecified atom stereocenters.